The summed E-state index contributed by atoms with van der Waals surface area (Å²) in [5.41, 5.74) is 5.20. The van der Waals surface area contributed by atoms with Gasteiger partial charge in [-0.15, -0.1) is 0 Å². The van der Waals surface area contributed by atoms with Crippen LogP contribution < -0.4 is 9.80 Å². The highest BCUT2D eigenvalue weighted by Gasteiger charge is 2.28. The van der Waals surface area contributed by atoms with E-state index in [1.54, 1.807) is 34.1 Å². The van der Waals surface area contributed by atoms with Gasteiger partial charge >= 0.3 is 0 Å². The van der Waals surface area contributed by atoms with Gasteiger partial charge in [-0.1, -0.05) is 41.4 Å². The van der Waals surface area contributed by atoms with Crippen molar-refractivity contribution in [1.82, 2.24) is 0 Å². The first kappa shape index (κ1) is 21.4. The minimum atomic E-state index is -0.163. The lowest BCUT2D eigenvalue weighted by Crippen LogP contribution is -2.29. The Morgan fingerprint density at radius 3 is 2.55 bits per heavy atom. The predicted molar refractivity (Wildman–Crippen MR) is 126 cm³/mol. The third kappa shape index (κ3) is 4.06. The topological polar surface area (TPSA) is 40.6 Å². The minimum Gasteiger partial charge on any atom is -0.308 e. The molecule has 3 aromatic rings. The normalized spacial score (nSPS) is 13.6. The molecule has 0 saturated heterocycles. The summed E-state index contributed by atoms with van der Waals surface area (Å²) in [6.07, 6.45) is 1.60. The molecule has 1 heterocycles. The summed E-state index contributed by atoms with van der Waals surface area (Å²) in [5.74, 6) is -0.0461. The minimum absolute atomic E-state index is 0.0461. The third-order valence-electron chi connectivity index (χ3n) is 5.88. The molecule has 31 heavy (non-hydrogen) atoms. The number of nitrogens with zero attached hydrogens (tertiary/aromatic N) is 2. The van der Waals surface area contributed by atoms with Gasteiger partial charge in [0.1, 0.15) is 0 Å². The number of benzene rings is 3. The van der Waals surface area contributed by atoms with E-state index in [-0.39, 0.29) is 11.9 Å². The van der Waals surface area contributed by atoms with Gasteiger partial charge in [0.2, 0.25) is 6.41 Å². The van der Waals surface area contributed by atoms with Crippen molar-refractivity contribution in [3.8, 4) is 0 Å². The Kier molecular flexibility index (Phi) is 6.03. The number of anilines is 2. The molecule has 2 amide bonds. The van der Waals surface area contributed by atoms with E-state index >= 15 is 0 Å². The van der Waals surface area contributed by atoms with E-state index in [9.17, 15) is 9.59 Å². The van der Waals surface area contributed by atoms with Crippen LogP contribution in [-0.4, -0.2) is 18.9 Å². The van der Waals surface area contributed by atoms with Crippen LogP contribution in [0.2, 0.25) is 10.0 Å². The van der Waals surface area contributed by atoms with Gasteiger partial charge < -0.3 is 9.80 Å². The summed E-state index contributed by atoms with van der Waals surface area (Å²) in [4.78, 5) is 28.5. The molecule has 6 heteroatoms. The van der Waals surface area contributed by atoms with Crippen LogP contribution in [0.25, 0.3) is 0 Å². The molecule has 158 valence electrons. The number of amides is 2. The zero-order valence-corrected chi connectivity index (χ0v) is 18.8. The molecule has 1 atom stereocenters. The van der Waals surface area contributed by atoms with Gasteiger partial charge in [-0.25, -0.2) is 0 Å². The number of carbonyl (C=O) groups excluding carboxylic acids is 2. The molecule has 0 aromatic heterocycles. The molecule has 0 aliphatic carbocycles. The van der Waals surface area contributed by atoms with Crippen molar-refractivity contribution >= 4 is 46.9 Å². The Bertz CT molecular complexity index is 1140. The number of hydrogen-bond acceptors (Lipinski definition) is 2. The lowest BCUT2D eigenvalue weighted by atomic mass is 10.0. The molecule has 0 saturated carbocycles. The summed E-state index contributed by atoms with van der Waals surface area (Å²) in [5, 5.41) is 1.21. The predicted octanol–water partition coefficient (Wildman–Crippen LogP) is 6.23. The van der Waals surface area contributed by atoms with Crippen molar-refractivity contribution in [2.24, 2.45) is 0 Å². The Morgan fingerprint density at radius 2 is 1.84 bits per heavy atom. The average Bonchev–Trinajstić information content (AvgIpc) is 3.20. The van der Waals surface area contributed by atoms with Crippen LogP contribution in [0.4, 0.5) is 11.4 Å². The van der Waals surface area contributed by atoms with Crippen molar-refractivity contribution < 1.29 is 9.59 Å². The van der Waals surface area contributed by atoms with E-state index in [0.29, 0.717) is 22.2 Å². The van der Waals surface area contributed by atoms with E-state index in [1.807, 2.05) is 44.2 Å². The summed E-state index contributed by atoms with van der Waals surface area (Å²) in [7, 11) is 0. The Morgan fingerprint density at radius 1 is 1.10 bits per heavy atom. The molecule has 4 rings (SSSR count). The zero-order chi connectivity index (χ0) is 22.1. The highest BCUT2D eigenvalue weighted by molar-refractivity contribution is 6.32. The number of hydrogen-bond donors (Lipinski definition) is 0. The molecule has 1 aliphatic rings. The standard InChI is InChI=1S/C25H22Cl2N2O2/c1-16-22(4-3-5-23(16)27)25(31)28-13-12-19-14-18(6-11-24(19)28)17(2)29(15-30)21-9-7-20(26)8-10-21/h3-11,14-15,17H,12-13H2,1-2H3/t17-/m1/s1. The van der Waals surface area contributed by atoms with E-state index in [0.717, 1.165) is 40.9 Å². The van der Waals surface area contributed by atoms with E-state index < -0.39 is 0 Å². The van der Waals surface area contributed by atoms with Crippen molar-refractivity contribution in [2.45, 2.75) is 26.3 Å². The molecule has 0 bridgehead atoms. The number of fused-ring (bicyclic) bond motifs is 1. The van der Waals surface area contributed by atoms with Gasteiger partial charge in [0, 0.05) is 33.5 Å². The Hall–Kier alpha value is -2.82. The fourth-order valence-electron chi connectivity index (χ4n) is 4.03. The van der Waals surface area contributed by atoms with Crippen molar-refractivity contribution in [3.63, 3.8) is 0 Å². The number of carbonyl (C=O) groups is 2. The van der Waals surface area contributed by atoms with Crippen LogP contribution in [0, 0.1) is 6.92 Å². The summed E-state index contributed by atoms with van der Waals surface area (Å²) in [6.45, 7) is 4.46. The Labute approximate surface area is 192 Å². The molecule has 0 spiro atoms. The van der Waals surface area contributed by atoms with Crippen LogP contribution in [0.5, 0.6) is 0 Å². The van der Waals surface area contributed by atoms with E-state index in [4.69, 9.17) is 23.2 Å². The van der Waals surface area contributed by atoms with Gasteiger partial charge in [-0.3, -0.25) is 9.59 Å². The van der Waals surface area contributed by atoms with Crippen LogP contribution in [0.3, 0.4) is 0 Å². The first-order valence-corrected chi connectivity index (χ1v) is 10.9. The van der Waals surface area contributed by atoms with Crippen LogP contribution >= 0.6 is 23.2 Å². The van der Waals surface area contributed by atoms with Crippen molar-refractivity contribution in [1.29, 1.82) is 0 Å². The van der Waals surface area contributed by atoms with E-state index in [2.05, 4.69) is 6.07 Å². The molecule has 4 nitrogen and oxygen atoms in total. The second-order valence-electron chi connectivity index (χ2n) is 7.67. The van der Waals surface area contributed by atoms with Crippen molar-refractivity contribution in [3.05, 3.63) is 93.0 Å². The average molecular weight is 453 g/mol. The van der Waals surface area contributed by atoms with Gasteiger partial charge in [0.25, 0.3) is 5.91 Å². The molecule has 0 radical (unpaired) electrons. The summed E-state index contributed by atoms with van der Waals surface area (Å²) >= 11 is 12.2. The molecule has 0 fully saturated rings. The number of halogens is 2. The second kappa shape index (κ2) is 8.74. The highest BCUT2D eigenvalue weighted by Crippen LogP contribution is 2.35. The monoisotopic (exact) mass is 452 g/mol. The zero-order valence-electron chi connectivity index (χ0n) is 17.3. The maximum absolute atomic E-state index is 13.2. The largest absolute Gasteiger partial charge is 0.308 e. The van der Waals surface area contributed by atoms with Crippen molar-refractivity contribution in [2.75, 3.05) is 16.3 Å². The molecule has 0 unspecified atom stereocenters. The molecular weight excluding hydrogens is 431 g/mol. The van der Waals surface area contributed by atoms with Gasteiger partial charge in [-0.2, -0.15) is 0 Å². The van der Waals surface area contributed by atoms with Gasteiger partial charge in [-0.05, 0) is 79.4 Å². The first-order valence-electron chi connectivity index (χ1n) is 10.1. The SMILES string of the molecule is Cc1c(Cl)cccc1C(=O)N1CCc2cc([C@@H](C)N(C=O)c3ccc(Cl)cc3)ccc21. The maximum atomic E-state index is 13.2. The summed E-state index contributed by atoms with van der Waals surface area (Å²) in [6, 6.07) is 18.5. The highest BCUT2D eigenvalue weighted by atomic mass is 35.5. The lowest BCUT2D eigenvalue weighted by Gasteiger charge is -2.26. The smallest absolute Gasteiger partial charge is 0.258 e. The Balaban J connectivity index is 1.61. The third-order valence-corrected chi connectivity index (χ3v) is 6.54. The quantitative estimate of drug-likeness (QED) is 0.430. The summed E-state index contributed by atoms with van der Waals surface area (Å²) < 4.78 is 0. The van der Waals surface area contributed by atoms with Crippen LogP contribution in [-0.2, 0) is 11.2 Å². The number of rotatable bonds is 5. The first-order chi connectivity index (χ1) is 14.9. The van der Waals surface area contributed by atoms with Gasteiger partial charge in [0.15, 0.2) is 0 Å². The molecular formula is C25H22Cl2N2O2. The molecule has 1 aliphatic heterocycles. The lowest BCUT2D eigenvalue weighted by molar-refractivity contribution is -0.107. The molecule has 3 aromatic carbocycles. The van der Waals surface area contributed by atoms with Gasteiger partial charge in [0.05, 0.1) is 6.04 Å². The fourth-order valence-corrected chi connectivity index (χ4v) is 4.33. The molecule has 0 N–H and O–H groups in total. The van der Waals surface area contributed by atoms with E-state index in [1.165, 1.54) is 0 Å². The fraction of sp³-hybridized carbons (Fsp3) is 0.200. The van der Waals surface area contributed by atoms with Crippen LogP contribution in [0.15, 0.2) is 60.7 Å². The second-order valence-corrected chi connectivity index (χ2v) is 8.52. The maximum Gasteiger partial charge on any atom is 0.258 e. The van der Waals surface area contributed by atoms with Crippen LogP contribution in [0.1, 0.15) is 40.0 Å².